The first-order valence-corrected chi connectivity index (χ1v) is 6.63. The van der Waals surface area contributed by atoms with E-state index in [9.17, 15) is 4.79 Å². The van der Waals surface area contributed by atoms with Gasteiger partial charge in [0.25, 0.3) is 0 Å². The van der Waals surface area contributed by atoms with Gasteiger partial charge in [-0.05, 0) is 38.5 Å². The summed E-state index contributed by atoms with van der Waals surface area (Å²) in [5, 5.41) is 11.8. The number of anilines is 1. The summed E-state index contributed by atoms with van der Waals surface area (Å²) in [6.07, 6.45) is 0.411. The smallest absolute Gasteiger partial charge is 0.244 e. The van der Waals surface area contributed by atoms with E-state index < -0.39 is 0 Å². The predicted octanol–water partition coefficient (Wildman–Crippen LogP) is 2.42. The molecule has 4 nitrogen and oxygen atoms in total. The lowest BCUT2D eigenvalue weighted by atomic mass is 10.1. The molecule has 1 aromatic rings. The highest BCUT2D eigenvalue weighted by Crippen LogP contribution is 2.12. The topological polar surface area (TPSA) is 56.1 Å². The molecule has 0 fully saturated rings. The van der Waals surface area contributed by atoms with Gasteiger partial charge in [0.05, 0.1) is 12.5 Å². The van der Waals surface area contributed by atoms with E-state index in [0.717, 1.165) is 24.3 Å². The molecule has 0 spiro atoms. The highest BCUT2D eigenvalue weighted by molar-refractivity contribution is 5.84. The molecule has 0 heterocycles. The zero-order chi connectivity index (χ0) is 14.3. The Morgan fingerprint density at radius 2 is 1.89 bits per heavy atom. The summed E-state index contributed by atoms with van der Waals surface area (Å²) in [6.45, 7) is 7.27. The van der Waals surface area contributed by atoms with Crippen LogP contribution < -0.4 is 5.32 Å². The molecule has 0 aliphatic carbocycles. The largest absolute Gasteiger partial charge is 0.374 e. The van der Waals surface area contributed by atoms with E-state index in [1.807, 2.05) is 49.9 Å². The standard InChI is InChI=1S/C15H21N3O/c1-4-18(5-2)15(19)12(3)17-14-8-6-13(7-9-14)10-11-16/h6-9,12,17H,4-5,10H2,1-3H3. The van der Waals surface area contributed by atoms with Gasteiger partial charge in [0.15, 0.2) is 0 Å². The number of carbonyl (C=O) groups excluding carboxylic acids is 1. The SMILES string of the molecule is CCN(CC)C(=O)C(C)Nc1ccc(CC#N)cc1. The zero-order valence-corrected chi connectivity index (χ0v) is 11.8. The van der Waals surface area contributed by atoms with Crippen LogP contribution in [0.1, 0.15) is 26.3 Å². The second kappa shape index (κ2) is 7.42. The van der Waals surface area contributed by atoms with Crippen LogP contribution >= 0.6 is 0 Å². The molecule has 0 aliphatic heterocycles. The Balaban J connectivity index is 2.63. The monoisotopic (exact) mass is 259 g/mol. The number of amides is 1. The number of benzene rings is 1. The number of likely N-dealkylation sites (N-methyl/N-ethyl adjacent to an activating group) is 1. The molecule has 102 valence electrons. The molecule has 1 atom stereocenters. The Kier molecular flexibility index (Phi) is 5.87. The molecule has 0 aliphatic rings. The fraction of sp³-hybridized carbons (Fsp3) is 0.467. The summed E-state index contributed by atoms with van der Waals surface area (Å²) < 4.78 is 0. The van der Waals surface area contributed by atoms with Crippen molar-refractivity contribution in [2.45, 2.75) is 33.2 Å². The van der Waals surface area contributed by atoms with Crippen molar-refractivity contribution >= 4 is 11.6 Å². The van der Waals surface area contributed by atoms with Crippen LogP contribution in [-0.4, -0.2) is 29.9 Å². The molecule has 0 radical (unpaired) electrons. The number of carbonyl (C=O) groups is 1. The molecule has 1 amide bonds. The molecule has 0 saturated carbocycles. The molecule has 4 heteroatoms. The van der Waals surface area contributed by atoms with Crippen LogP contribution in [-0.2, 0) is 11.2 Å². The van der Waals surface area contributed by atoms with Crippen LogP contribution in [0, 0.1) is 11.3 Å². The van der Waals surface area contributed by atoms with Crippen LogP contribution in [0.25, 0.3) is 0 Å². The lowest BCUT2D eigenvalue weighted by molar-refractivity contribution is -0.131. The Labute approximate surface area is 115 Å². The predicted molar refractivity (Wildman–Crippen MR) is 76.8 cm³/mol. The van der Waals surface area contributed by atoms with Gasteiger partial charge in [0.1, 0.15) is 6.04 Å². The molecular weight excluding hydrogens is 238 g/mol. The van der Waals surface area contributed by atoms with Gasteiger partial charge < -0.3 is 10.2 Å². The summed E-state index contributed by atoms with van der Waals surface area (Å²) >= 11 is 0. The minimum absolute atomic E-state index is 0.103. The fourth-order valence-corrected chi connectivity index (χ4v) is 1.93. The van der Waals surface area contributed by atoms with E-state index in [4.69, 9.17) is 5.26 Å². The minimum Gasteiger partial charge on any atom is -0.374 e. The first-order chi connectivity index (χ1) is 9.12. The van der Waals surface area contributed by atoms with Gasteiger partial charge in [0, 0.05) is 18.8 Å². The average Bonchev–Trinajstić information content (AvgIpc) is 2.42. The summed E-state index contributed by atoms with van der Waals surface area (Å²) in [6, 6.07) is 9.47. The molecule has 0 saturated heterocycles. The molecule has 0 bridgehead atoms. The van der Waals surface area contributed by atoms with E-state index in [2.05, 4.69) is 11.4 Å². The molecule has 1 N–H and O–H groups in total. The molecule has 19 heavy (non-hydrogen) atoms. The normalized spacial score (nSPS) is 11.5. The fourth-order valence-electron chi connectivity index (χ4n) is 1.93. The Bertz CT molecular complexity index is 443. The van der Waals surface area contributed by atoms with Crippen LogP contribution in [0.5, 0.6) is 0 Å². The molecule has 1 aromatic carbocycles. The van der Waals surface area contributed by atoms with Gasteiger partial charge >= 0.3 is 0 Å². The van der Waals surface area contributed by atoms with E-state index >= 15 is 0 Å². The zero-order valence-electron chi connectivity index (χ0n) is 11.8. The number of hydrogen-bond acceptors (Lipinski definition) is 3. The van der Waals surface area contributed by atoms with Gasteiger partial charge in [-0.15, -0.1) is 0 Å². The number of nitrogens with one attached hydrogen (secondary N) is 1. The van der Waals surface area contributed by atoms with Crippen molar-refractivity contribution in [2.75, 3.05) is 18.4 Å². The summed E-state index contributed by atoms with van der Waals surface area (Å²) in [5.41, 5.74) is 1.88. The highest BCUT2D eigenvalue weighted by atomic mass is 16.2. The first-order valence-electron chi connectivity index (χ1n) is 6.63. The second-order valence-corrected chi connectivity index (χ2v) is 4.41. The van der Waals surface area contributed by atoms with Crippen LogP contribution in [0.15, 0.2) is 24.3 Å². The Morgan fingerprint density at radius 3 is 2.37 bits per heavy atom. The lowest BCUT2D eigenvalue weighted by Crippen LogP contribution is -2.41. The van der Waals surface area contributed by atoms with E-state index in [-0.39, 0.29) is 11.9 Å². The summed E-state index contributed by atoms with van der Waals surface area (Å²) in [5.74, 6) is 0.103. The Morgan fingerprint density at radius 1 is 1.32 bits per heavy atom. The number of nitrogens with zero attached hydrogens (tertiary/aromatic N) is 2. The lowest BCUT2D eigenvalue weighted by Gasteiger charge is -2.24. The van der Waals surface area contributed by atoms with Crippen LogP contribution in [0.4, 0.5) is 5.69 Å². The number of hydrogen-bond donors (Lipinski definition) is 1. The van der Waals surface area contributed by atoms with Gasteiger partial charge in [-0.25, -0.2) is 0 Å². The molecular formula is C15H21N3O. The van der Waals surface area contributed by atoms with E-state index in [1.54, 1.807) is 0 Å². The second-order valence-electron chi connectivity index (χ2n) is 4.41. The summed E-state index contributed by atoms with van der Waals surface area (Å²) in [7, 11) is 0. The maximum absolute atomic E-state index is 12.1. The average molecular weight is 259 g/mol. The van der Waals surface area contributed by atoms with E-state index in [0.29, 0.717) is 6.42 Å². The van der Waals surface area contributed by atoms with E-state index in [1.165, 1.54) is 0 Å². The van der Waals surface area contributed by atoms with Gasteiger partial charge in [0.2, 0.25) is 5.91 Å². The van der Waals surface area contributed by atoms with Crippen LogP contribution in [0.3, 0.4) is 0 Å². The quantitative estimate of drug-likeness (QED) is 0.853. The Hall–Kier alpha value is -2.02. The van der Waals surface area contributed by atoms with Crippen molar-refractivity contribution in [1.82, 2.24) is 4.90 Å². The summed E-state index contributed by atoms with van der Waals surface area (Å²) in [4.78, 5) is 13.9. The first kappa shape index (κ1) is 15.0. The van der Waals surface area contributed by atoms with Crippen LogP contribution in [0.2, 0.25) is 0 Å². The minimum atomic E-state index is -0.248. The van der Waals surface area contributed by atoms with Gasteiger partial charge in [-0.1, -0.05) is 12.1 Å². The highest BCUT2D eigenvalue weighted by Gasteiger charge is 2.17. The number of rotatable bonds is 6. The molecule has 1 rings (SSSR count). The molecule has 1 unspecified atom stereocenters. The van der Waals surface area contributed by atoms with Gasteiger partial charge in [-0.2, -0.15) is 5.26 Å². The van der Waals surface area contributed by atoms with Crippen molar-refractivity contribution in [3.05, 3.63) is 29.8 Å². The third kappa shape index (κ3) is 4.29. The third-order valence-corrected chi connectivity index (χ3v) is 3.07. The van der Waals surface area contributed by atoms with Crippen molar-refractivity contribution in [3.63, 3.8) is 0 Å². The number of nitriles is 1. The van der Waals surface area contributed by atoms with Crippen molar-refractivity contribution < 1.29 is 4.79 Å². The maximum Gasteiger partial charge on any atom is 0.244 e. The van der Waals surface area contributed by atoms with Crippen molar-refractivity contribution in [1.29, 1.82) is 5.26 Å². The van der Waals surface area contributed by atoms with Gasteiger partial charge in [-0.3, -0.25) is 4.79 Å². The third-order valence-electron chi connectivity index (χ3n) is 3.07. The maximum atomic E-state index is 12.1. The molecule has 0 aromatic heterocycles. The van der Waals surface area contributed by atoms with Crippen molar-refractivity contribution in [3.8, 4) is 6.07 Å². The van der Waals surface area contributed by atoms with Crippen molar-refractivity contribution in [2.24, 2.45) is 0 Å².